The smallest absolute Gasteiger partial charge is 0.225 e. The van der Waals surface area contributed by atoms with Crippen LogP contribution in [0.5, 0.6) is 0 Å². The second-order valence-corrected chi connectivity index (χ2v) is 5.50. The van der Waals surface area contributed by atoms with Crippen molar-refractivity contribution in [3.8, 4) is 0 Å². The van der Waals surface area contributed by atoms with E-state index in [-0.39, 0.29) is 6.10 Å². The van der Waals surface area contributed by atoms with Crippen LogP contribution in [-0.2, 0) is 9.53 Å². The molecule has 1 heterocycles. The summed E-state index contributed by atoms with van der Waals surface area (Å²) in [6, 6.07) is 0. The van der Waals surface area contributed by atoms with Crippen LogP contribution in [0.3, 0.4) is 0 Å². The highest BCUT2D eigenvalue weighted by molar-refractivity contribution is 5.79. The van der Waals surface area contributed by atoms with Gasteiger partial charge in [0.25, 0.3) is 0 Å². The minimum Gasteiger partial charge on any atom is -0.374 e. The average Bonchev–Trinajstić information content (AvgIpc) is 2.24. The van der Waals surface area contributed by atoms with Crippen LogP contribution >= 0.6 is 0 Å². The van der Waals surface area contributed by atoms with Crippen molar-refractivity contribution in [2.24, 2.45) is 5.92 Å². The molecule has 1 saturated heterocycles. The number of nitrogens with zero attached hydrogens (tertiary/aromatic N) is 2. The monoisotopic (exact) mass is 240 g/mol. The van der Waals surface area contributed by atoms with E-state index in [1.54, 1.807) is 0 Å². The molecule has 4 heteroatoms. The predicted octanol–water partition coefficient (Wildman–Crippen LogP) is 0.966. The Labute approximate surface area is 104 Å². The second kappa shape index (κ2) is 5.83. The van der Waals surface area contributed by atoms with Crippen LogP contribution in [0.2, 0.25) is 0 Å². The third-order valence-electron chi connectivity index (χ3n) is 3.80. The molecule has 0 N–H and O–H groups in total. The first-order valence-electron chi connectivity index (χ1n) is 6.72. The Morgan fingerprint density at radius 3 is 2.76 bits per heavy atom. The molecule has 1 aliphatic carbocycles. The molecule has 0 bridgehead atoms. The quantitative estimate of drug-likeness (QED) is 0.734. The largest absolute Gasteiger partial charge is 0.374 e. The molecule has 0 aromatic rings. The lowest BCUT2D eigenvalue weighted by molar-refractivity contribution is -0.146. The van der Waals surface area contributed by atoms with E-state index in [1.165, 1.54) is 6.42 Å². The Kier molecular flexibility index (Phi) is 4.40. The van der Waals surface area contributed by atoms with Crippen molar-refractivity contribution in [2.75, 3.05) is 40.3 Å². The van der Waals surface area contributed by atoms with Gasteiger partial charge < -0.3 is 14.5 Å². The molecule has 0 aromatic heterocycles. The fourth-order valence-electron chi connectivity index (χ4n) is 2.41. The van der Waals surface area contributed by atoms with Crippen molar-refractivity contribution >= 4 is 5.91 Å². The fraction of sp³-hybridized carbons (Fsp3) is 0.923. The molecule has 2 rings (SSSR count). The number of rotatable bonds is 4. The van der Waals surface area contributed by atoms with Crippen LogP contribution in [0.25, 0.3) is 0 Å². The second-order valence-electron chi connectivity index (χ2n) is 5.50. The van der Waals surface area contributed by atoms with Gasteiger partial charge >= 0.3 is 0 Å². The normalized spacial score (nSPS) is 26.1. The molecular formula is C13H24N2O2. The summed E-state index contributed by atoms with van der Waals surface area (Å²) in [4.78, 5) is 16.3. The maximum absolute atomic E-state index is 12.1. The lowest BCUT2D eigenvalue weighted by atomic mass is 9.84. The van der Waals surface area contributed by atoms with Gasteiger partial charge in [0.15, 0.2) is 0 Å². The molecule has 0 spiro atoms. The van der Waals surface area contributed by atoms with Gasteiger partial charge in [-0.05, 0) is 33.4 Å². The van der Waals surface area contributed by atoms with Gasteiger partial charge in [0.1, 0.15) is 0 Å². The Morgan fingerprint density at radius 1 is 1.41 bits per heavy atom. The van der Waals surface area contributed by atoms with Crippen LogP contribution in [-0.4, -0.2) is 62.1 Å². The summed E-state index contributed by atoms with van der Waals surface area (Å²) < 4.78 is 5.72. The average molecular weight is 240 g/mol. The molecule has 1 aliphatic heterocycles. The number of hydrogen-bond acceptors (Lipinski definition) is 3. The molecule has 2 aliphatic rings. The zero-order valence-corrected chi connectivity index (χ0v) is 11.0. The highest BCUT2D eigenvalue weighted by Crippen LogP contribution is 2.28. The fourth-order valence-corrected chi connectivity index (χ4v) is 2.41. The number of hydrogen-bond donors (Lipinski definition) is 0. The summed E-state index contributed by atoms with van der Waals surface area (Å²) in [6.45, 7) is 3.31. The number of carbonyl (C=O) groups excluding carboxylic acids is 1. The molecular weight excluding hydrogens is 216 g/mol. The van der Waals surface area contributed by atoms with Crippen molar-refractivity contribution in [3.05, 3.63) is 0 Å². The van der Waals surface area contributed by atoms with Gasteiger partial charge in [-0.3, -0.25) is 4.79 Å². The summed E-state index contributed by atoms with van der Waals surface area (Å²) in [5, 5.41) is 0. The highest BCUT2D eigenvalue weighted by atomic mass is 16.5. The molecule has 4 nitrogen and oxygen atoms in total. The van der Waals surface area contributed by atoms with E-state index in [2.05, 4.69) is 19.0 Å². The van der Waals surface area contributed by atoms with Gasteiger partial charge in [-0.2, -0.15) is 0 Å². The third kappa shape index (κ3) is 3.42. The topological polar surface area (TPSA) is 32.8 Å². The maximum atomic E-state index is 12.1. The Balaban J connectivity index is 1.77. The van der Waals surface area contributed by atoms with E-state index < -0.39 is 0 Å². The van der Waals surface area contributed by atoms with Crippen LogP contribution in [0.4, 0.5) is 0 Å². The first-order chi connectivity index (χ1) is 8.16. The molecule has 98 valence electrons. The summed E-state index contributed by atoms with van der Waals surface area (Å²) >= 11 is 0. The first-order valence-corrected chi connectivity index (χ1v) is 6.72. The maximum Gasteiger partial charge on any atom is 0.225 e. The van der Waals surface area contributed by atoms with E-state index in [0.29, 0.717) is 18.4 Å². The SMILES string of the molecule is CN(C)CC[C@@H]1CN(C(=O)C2CCC2)CCO1. The van der Waals surface area contributed by atoms with E-state index in [1.807, 2.05) is 4.90 Å². The van der Waals surface area contributed by atoms with Gasteiger partial charge in [-0.25, -0.2) is 0 Å². The van der Waals surface area contributed by atoms with Gasteiger partial charge in [0.05, 0.1) is 12.7 Å². The molecule has 0 unspecified atom stereocenters. The van der Waals surface area contributed by atoms with Gasteiger partial charge in [0, 0.05) is 25.6 Å². The molecule has 0 aromatic carbocycles. The minimum atomic E-state index is 0.232. The molecule has 1 saturated carbocycles. The predicted molar refractivity (Wildman–Crippen MR) is 66.8 cm³/mol. The summed E-state index contributed by atoms with van der Waals surface area (Å²) in [5.41, 5.74) is 0. The molecule has 1 amide bonds. The summed E-state index contributed by atoms with van der Waals surface area (Å²) in [6.07, 6.45) is 4.67. The van der Waals surface area contributed by atoms with E-state index in [4.69, 9.17) is 4.74 Å². The molecule has 0 radical (unpaired) electrons. The van der Waals surface area contributed by atoms with Crippen molar-refractivity contribution in [3.63, 3.8) is 0 Å². The van der Waals surface area contributed by atoms with Crippen molar-refractivity contribution in [1.29, 1.82) is 0 Å². The van der Waals surface area contributed by atoms with Crippen LogP contribution < -0.4 is 0 Å². The molecule has 17 heavy (non-hydrogen) atoms. The van der Waals surface area contributed by atoms with E-state index >= 15 is 0 Å². The number of morpholine rings is 1. The van der Waals surface area contributed by atoms with E-state index in [0.717, 1.165) is 38.9 Å². The lowest BCUT2D eigenvalue weighted by Crippen LogP contribution is -2.49. The first kappa shape index (κ1) is 12.8. The molecule has 1 atom stereocenters. The number of ether oxygens (including phenoxy) is 1. The van der Waals surface area contributed by atoms with Crippen molar-refractivity contribution in [1.82, 2.24) is 9.80 Å². The number of carbonyl (C=O) groups is 1. The Morgan fingerprint density at radius 2 is 2.18 bits per heavy atom. The van der Waals surface area contributed by atoms with Gasteiger partial charge in [-0.1, -0.05) is 6.42 Å². The highest BCUT2D eigenvalue weighted by Gasteiger charge is 2.32. The van der Waals surface area contributed by atoms with Gasteiger partial charge in [-0.15, -0.1) is 0 Å². The Bertz CT molecular complexity index is 264. The standard InChI is InChI=1S/C13H24N2O2/c1-14(2)7-6-12-10-15(8-9-17-12)13(16)11-4-3-5-11/h11-12H,3-10H2,1-2H3/t12-/m1/s1. The van der Waals surface area contributed by atoms with Crippen LogP contribution in [0.15, 0.2) is 0 Å². The lowest BCUT2D eigenvalue weighted by Gasteiger charge is -2.37. The van der Waals surface area contributed by atoms with Crippen molar-refractivity contribution in [2.45, 2.75) is 31.8 Å². The zero-order valence-electron chi connectivity index (χ0n) is 11.0. The minimum absolute atomic E-state index is 0.232. The van der Waals surface area contributed by atoms with Gasteiger partial charge in [0.2, 0.25) is 5.91 Å². The Hall–Kier alpha value is -0.610. The van der Waals surface area contributed by atoms with Crippen LogP contribution in [0.1, 0.15) is 25.7 Å². The molecule has 2 fully saturated rings. The summed E-state index contributed by atoms with van der Waals surface area (Å²) in [7, 11) is 4.14. The zero-order chi connectivity index (χ0) is 12.3. The van der Waals surface area contributed by atoms with Crippen LogP contribution in [0, 0.1) is 5.92 Å². The number of amides is 1. The summed E-state index contributed by atoms with van der Waals surface area (Å²) in [5.74, 6) is 0.692. The van der Waals surface area contributed by atoms with Crippen molar-refractivity contribution < 1.29 is 9.53 Å². The van der Waals surface area contributed by atoms with E-state index in [9.17, 15) is 4.79 Å². The third-order valence-corrected chi connectivity index (χ3v) is 3.80.